The summed E-state index contributed by atoms with van der Waals surface area (Å²) in [6, 6.07) is 5.74. The minimum atomic E-state index is -3.67. The number of nitrogens with one attached hydrogen (secondary N) is 2. The van der Waals surface area contributed by atoms with E-state index in [1.165, 1.54) is 24.3 Å². The van der Waals surface area contributed by atoms with Crippen LogP contribution in [0, 0.1) is 0 Å². The van der Waals surface area contributed by atoms with E-state index in [0.717, 1.165) is 0 Å². The second kappa shape index (κ2) is 5.19. The van der Waals surface area contributed by atoms with Gasteiger partial charge in [-0.3, -0.25) is 41.0 Å². The maximum atomic E-state index is 11.6. The Kier molecular flexibility index (Phi) is 4.28. The molecule has 10 N–H and O–H groups in total. The van der Waals surface area contributed by atoms with Gasteiger partial charge in [0.05, 0.1) is 0 Å². The number of rotatable bonds is 4. The van der Waals surface area contributed by atoms with Crippen LogP contribution in [0.15, 0.2) is 24.3 Å². The van der Waals surface area contributed by atoms with Gasteiger partial charge in [0.15, 0.2) is 0 Å². The molecule has 1 amide bonds. The van der Waals surface area contributed by atoms with E-state index in [9.17, 15) is 13.9 Å². The molecule has 1 aromatic rings. The topological polar surface area (TPSA) is 179 Å². The minimum Gasteiger partial charge on any atom is -0.313 e. The SMILES string of the molecule is NP(N)(=O)NC(=O)c1cccc(NP(N)(N)=O)c1. The van der Waals surface area contributed by atoms with Crippen molar-refractivity contribution in [3.63, 3.8) is 0 Å². The average molecular weight is 292 g/mol. The third kappa shape index (κ3) is 5.42. The second-order valence-electron chi connectivity index (χ2n) is 3.55. The Morgan fingerprint density at radius 3 is 2.17 bits per heavy atom. The van der Waals surface area contributed by atoms with E-state index < -0.39 is 21.1 Å². The molecule has 1 rings (SSSR count). The predicted molar refractivity (Wildman–Crippen MR) is 69.5 cm³/mol. The van der Waals surface area contributed by atoms with Crippen molar-refractivity contribution < 1.29 is 13.9 Å². The zero-order valence-electron chi connectivity index (χ0n) is 9.24. The van der Waals surface area contributed by atoms with Crippen molar-refractivity contribution in [3.05, 3.63) is 29.8 Å². The first-order chi connectivity index (χ1) is 8.07. The molecule has 0 bridgehead atoms. The zero-order chi connectivity index (χ0) is 14.0. The van der Waals surface area contributed by atoms with Gasteiger partial charge in [0.25, 0.3) is 13.5 Å². The number of nitrogens with two attached hydrogens (primary N) is 4. The van der Waals surface area contributed by atoms with Crippen LogP contribution in [-0.4, -0.2) is 5.91 Å². The number of carbonyl (C=O) groups is 1. The van der Waals surface area contributed by atoms with Crippen molar-refractivity contribution in [2.45, 2.75) is 0 Å². The average Bonchev–Trinajstić information content (AvgIpc) is 2.12. The summed E-state index contributed by atoms with van der Waals surface area (Å²) in [5.74, 6) is -0.726. The molecule has 0 aliphatic heterocycles. The molecule has 0 spiro atoms. The highest BCUT2D eigenvalue weighted by molar-refractivity contribution is 7.60. The molecule has 0 aromatic heterocycles. The molecule has 18 heavy (non-hydrogen) atoms. The lowest BCUT2D eigenvalue weighted by atomic mass is 10.2. The van der Waals surface area contributed by atoms with E-state index in [4.69, 9.17) is 22.0 Å². The van der Waals surface area contributed by atoms with Crippen molar-refractivity contribution in [2.24, 2.45) is 22.0 Å². The smallest absolute Gasteiger partial charge is 0.300 e. The van der Waals surface area contributed by atoms with Gasteiger partial charge in [-0.05, 0) is 18.2 Å². The van der Waals surface area contributed by atoms with Crippen molar-refractivity contribution in [1.82, 2.24) is 5.09 Å². The largest absolute Gasteiger partial charge is 0.313 e. The van der Waals surface area contributed by atoms with Crippen LogP contribution in [0.1, 0.15) is 10.4 Å². The van der Waals surface area contributed by atoms with Crippen LogP contribution in [0.2, 0.25) is 0 Å². The fourth-order valence-electron chi connectivity index (χ4n) is 1.16. The Morgan fingerprint density at radius 1 is 1.06 bits per heavy atom. The van der Waals surface area contributed by atoms with Crippen LogP contribution < -0.4 is 32.2 Å². The number of amides is 1. The van der Waals surface area contributed by atoms with Gasteiger partial charge in [-0.15, -0.1) is 0 Å². The van der Waals surface area contributed by atoms with Gasteiger partial charge in [-0.2, -0.15) is 0 Å². The maximum Gasteiger partial charge on any atom is 0.300 e. The summed E-state index contributed by atoms with van der Waals surface area (Å²) in [5.41, 5.74) is 20.7. The molecule has 0 saturated heterocycles. The van der Waals surface area contributed by atoms with Gasteiger partial charge in [0, 0.05) is 11.3 Å². The lowest BCUT2D eigenvalue weighted by Crippen LogP contribution is -2.28. The van der Waals surface area contributed by atoms with Crippen LogP contribution in [-0.2, 0) is 9.13 Å². The van der Waals surface area contributed by atoms with Crippen LogP contribution in [0.25, 0.3) is 0 Å². The first-order valence-electron chi connectivity index (χ1n) is 4.62. The molecule has 0 unspecified atom stereocenters. The maximum absolute atomic E-state index is 11.6. The Labute approximate surface area is 103 Å². The summed E-state index contributed by atoms with van der Waals surface area (Å²) in [6.45, 7) is 0. The summed E-state index contributed by atoms with van der Waals surface area (Å²) < 4.78 is 22.2. The number of hydrogen-bond donors (Lipinski definition) is 6. The number of benzene rings is 1. The van der Waals surface area contributed by atoms with Crippen LogP contribution in [0.3, 0.4) is 0 Å². The fraction of sp³-hybridized carbons (Fsp3) is 0. The molecular weight excluding hydrogens is 278 g/mol. The van der Waals surface area contributed by atoms with E-state index in [1.54, 1.807) is 0 Å². The van der Waals surface area contributed by atoms with Crippen LogP contribution in [0.4, 0.5) is 5.69 Å². The number of anilines is 1. The Morgan fingerprint density at radius 2 is 1.67 bits per heavy atom. The van der Waals surface area contributed by atoms with Crippen molar-refractivity contribution in [3.8, 4) is 0 Å². The first kappa shape index (κ1) is 14.8. The second-order valence-corrected chi connectivity index (χ2v) is 6.84. The lowest BCUT2D eigenvalue weighted by molar-refractivity contribution is 0.0980. The van der Waals surface area contributed by atoms with Gasteiger partial charge in [0.1, 0.15) is 0 Å². The van der Waals surface area contributed by atoms with Gasteiger partial charge in [-0.25, -0.2) is 0 Å². The minimum absolute atomic E-state index is 0.115. The van der Waals surface area contributed by atoms with Crippen LogP contribution >= 0.6 is 15.2 Å². The molecule has 11 heteroatoms. The third-order valence-electron chi connectivity index (χ3n) is 1.70. The summed E-state index contributed by atoms with van der Waals surface area (Å²) >= 11 is 0. The first-order valence-corrected chi connectivity index (χ1v) is 8.31. The van der Waals surface area contributed by atoms with Crippen molar-refractivity contribution in [2.75, 3.05) is 5.09 Å². The van der Waals surface area contributed by atoms with Crippen LogP contribution in [0.5, 0.6) is 0 Å². The van der Waals surface area contributed by atoms with Gasteiger partial charge >= 0.3 is 7.59 Å². The van der Waals surface area contributed by atoms with E-state index >= 15 is 0 Å². The summed E-state index contributed by atoms with van der Waals surface area (Å²) in [4.78, 5) is 11.6. The van der Waals surface area contributed by atoms with Gasteiger partial charge in [-0.1, -0.05) is 6.07 Å². The summed E-state index contributed by atoms with van der Waals surface area (Å²) in [5, 5.41) is 4.28. The Bertz CT molecular complexity index is 550. The molecule has 0 heterocycles. The highest BCUT2D eigenvalue weighted by Gasteiger charge is 2.15. The molecule has 100 valence electrons. The standard InChI is InChI=1S/C7H14N6O3P2/c8-17(9,15)12-6-3-1-2-5(4-6)7(14)13-18(10,11)16/h1-4H,(H5,8,9,12,15)(H5,10,11,13,14,16). The number of carbonyl (C=O) groups excluding carboxylic acids is 1. The summed E-state index contributed by atoms with van der Waals surface area (Å²) in [6.07, 6.45) is 0. The highest BCUT2D eigenvalue weighted by Crippen LogP contribution is 2.28. The molecule has 0 aliphatic carbocycles. The molecule has 9 nitrogen and oxygen atoms in total. The molecule has 1 aromatic carbocycles. The van der Waals surface area contributed by atoms with E-state index in [-0.39, 0.29) is 11.3 Å². The monoisotopic (exact) mass is 292 g/mol. The molecule has 0 fully saturated rings. The quantitative estimate of drug-likeness (QED) is 0.415. The highest BCUT2D eigenvalue weighted by atomic mass is 31.2. The molecule has 0 atom stereocenters. The Balaban J connectivity index is 2.92. The zero-order valence-corrected chi connectivity index (χ0v) is 11.0. The predicted octanol–water partition coefficient (Wildman–Crippen LogP) is -0.121. The van der Waals surface area contributed by atoms with E-state index in [1.807, 2.05) is 5.09 Å². The molecule has 0 radical (unpaired) electrons. The van der Waals surface area contributed by atoms with Gasteiger partial charge in [0.2, 0.25) is 0 Å². The van der Waals surface area contributed by atoms with Crippen molar-refractivity contribution in [1.29, 1.82) is 0 Å². The van der Waals surface area contributed by atoms with E-state index in [0.29, 0.717) is 0 Å². The number of hydrogen-bond acceptors (Lipinski definition) is 3. The fourth-order valence-corrected chi connectivity index (χ4v) is 2.14. The molecule has 0 aliphatic rings. The normalized spacial score (nSPS) is 12.0. The molecular formula is C7H14N6O3P2. The summed E-state index contributed by atoms with van der Waals surface area (Å²) in [7, 11) is -7.13. The van der Waals surface area contributed by atoms with E-state index in [2.05, 4.69) is 5.09 Å². The lowest BCUT2D eigenvalue weighted by Gasteiger charge is -2.12. The van der Waals surface area contributed by atoms with Crippen molar-refractivity contribution >= 4 is 26.8 Å². The third-order valence-corrected chi connectivity index (χ3v) is 2.87. The molecule has 0 saturated carbocycles. The Hall–Kier alpha value is -1.21. The van der Waals surface area contributed by atoms with Gasteiger partial charge < -0.3 is 5.09 Å².